The maximum atomic E-state index is 12.2. The van der Waals surface area contributed by atoms with Gasteiger partial charge in [-0.05, 0) is 35.8 Å². The number of aromatic nitrogens is 5. The molecule has 0 bridgehead atoms. The second-order valence-corrected chi connectivity index (χ2v) is 7.25. The molecule has 1 aromatic carbocycles. The van der Waals surface area contributed by atoms with Crippen LogP contribution in [0.3, 0.4) is 0 Å². The van der Waals surface area contributed by atoms with Gasteiger partial charge in [0.1, 0.15) is 9.24 Å². The van der Waals surface area contributed by atoms with Gasteiger partial charge in [-0.3, -0.25) is 9.59 Å². The van der Waals surface area contributed by atoms with Gasteiger partial charge in [-0.25, -0.2) is 4.68 Å². The molecule has 0 saturated carbocycles. The molecule has 3 aromatic rings. The zero-order valence-electron chi connectivity index (χ0n) is 13.6. The molecule has 0 saturated heterocycles. The van der Waals surface area contributed by atoms with Gasteiger partial charge in [0.05, 0.1) is 5.69 Å². The molecule has 2 amide bonds. The molecule has 0 unspecified atom stereocenters. The lowest BCUT2D eigenvalue weighted by atomic mass is 10.3. The number of carbonyl (C=O) groups excluding carboxylic acids is 2. The average Bonchev–Trinajstić information content (AvgIpc) is 3.29. The molecule has 0 aliphatic rings. The number of amides is 2. The Hall–Kier alpha value is -2.50. The van der Waals surface area contributed by atoms with Crippen molar-refractivity contribution >= 4 is 46.7 Å². The van der Waals surface area contributed by atoms with Gasteiger partial charge in [0.15, 0.2) is 11.4 Å². The molecule has 0 spiro atoms. The normalized spacial score (nSPS) is 10.6. The van der Waals surface area contributed by atoms with Crippen molar-refractivity contribution in [2.75, 3.05) is 14.1 Å². The second-order valence-electron chi connectivity index (χ2n) is 4.80. The minimum Gasteiger partial charge on any atom is -0.354 e. The summed E-state index contributed by atoms with van der Waals surface area (Å²) in [6.45, 7) is 0. The number of nitrogens with one attached hydrogen (secondary N) is 2. The van der Waals surface area contributed by atoms with Crippen LogP contribution in [0.15, 0.2) is 33.5 Å². The summed E-state index contributed by atoms with van der Waals surface area (Å²) < 4.78 is 5.84. The van der Waals surface area contributed by atoms with Crippen molar-refractivity contribution in [3.05, 3.63) is 40.7 Å². The summed E-state index contributed by atoms with van der Waals surface area (Å²) in [6.07, 6.45) is 0. The Balaban J connectivity index is 2.08. The maximum Gasteiger partial charge on any atom is 0.274 e. The summed E-state index contributed by atoms with van der Waals surface area (Å²) >= 11 is 8.12. The number of nitrogens with zero attached hydrogens (tertiary/aromatic N) is 5. The minimum absolute atomic E-state index is 0.128. The molecular weight excluding hydrogens is 398 g/mol. The van der Waals surface area contributed by atoms with E-state index in [4.69, 9.17) is 11.6 Å². The Bertz CT molecular complexity index is 955. The van der Waals surface area contributed by atoms with Gasteiger partial charge in [-0.1, -0.05) is 33.1 Å². The predicted molar refractivity (Wildman–Crippen MR) is 97.2 cm³/mol. The lowest BCUT2D eigenvalue weighted by Crippen LogP contribution is -2.20. The molecule has 3 rings (SSSR count). The summed E-state index contributed by atoms with van der Waals surface area (Å²) in [4.78, 5) is 24.1. The highest BCUT2D eigenvalue weighted by atomic mass is 35.5. The van der Waals surface area contributed by atoms with E-state index in [1.54, 1.807) is 24.3 Å². The van der Waals surface area contributed by atoms with Crippen molar-refractivity contribution in [2.24, 2.45) is 0 Å². The molecule has 134 valence electrons. The van der Waals surface area contributed by atoms with E-state index in [-0.39, 0.29) is 17.3 Å². The summed E-state index contributed by atoms with van der Waals surface area (Å²) in [5, 5.41) is 17.9. The Kier molecular flexibility index (Phi) is 5.49. The van der Waals surface area contributed by atoms with Crippen LogP contribution in [0.1, 0.15) is 21.0 Å². The first-order valence-electron chi connectivity index (χ1n) is 7.21. The van der Waals surface area contributed by atoms with Crippen LogP contribution in [0.5, 0.6) is 0 Å². The first kappa shape index (κ1) is 18.3. The van der Waals surface area contributed by atoms with E-state index in [1.807, 2.05) is 0 Å². The Morgan fingerprint density at radius 1 is 1.08 bits per heavy atom. The molecule has 26 heavy (non-hydrogen) atoms. The van der Waals surface area contributed by atoms with Gasteiger partial charge in [0, 0.05) is 19.1 Å². The van der Waals surface area contributed by atoms with Crippen LogP contribution in [-0.2, 0) is 0 Å². The van der Waals surface area contributed by atoms with Crippen LogP contribution in [0.25, 0.3) is 5.69 Å². The summed E-state index contributed by atoms with van der Waals surface area (Å²) in [5.41, 5.74) is 0.969. The molecule has 9 nitrogen and oxygen atoms in total. The van der Waals surface area contributed by atoms with Crippen molar-refractivity contribution in [1.82, 2.24) is 35.2 Å². The van der Waals surface area contributed by atoms with Gasteiger partial charge < -0.3 is 10.6 Å². The second kappa shape index (κ2) is 7.81. The van der Waals surface area contributed by atoms with Gasteiger partial charge in [-0.15, -0.1) is 10.2 Å². The summed E-state index contributed by atoms with van der Waals surface area (Å²) in [6, 6.07) is 6.91. The van der Waals surface area contributed by atoms with E-state index >= 15 is 0 Å². The van der Waals surface area contributed by atoms with E-state index in [0.717, 1.165) is 23.3 Å². The molecular formula is C14H12ClN7O2S2. The maximum absolute atomic E-state index is 12.2. The smallest absolute Gasteiger partial charge is 0.274 e. The van der Waals surface area contributed by atoms with Crippen molar-refractivity contribution in [2.45, 2.75) is 9.24 Å². The van der Waals surface area contributed by atoms with Gasteiger partial charge >= 0.3 is 0 Å². The molecule has 2 aromatic heterocycles. The molecule has 2 heterocycles. The van der Waals surface area contributed by atoms with Crippen LogP contribution >= 0.6 is 34.9 Å². The molecule has 0 radical (unpaired) electrons. The lowest BCUT2D eigenvalue weighted by Gasteiger charge is -2.07. The van der Waals surface area contributed by atoms with Crippen LogP contribution in [0, 0.1) is 0 Å². The van der Waals surface area contributed by atoms with E-state index in [9.17, 15) is 9.59 Å². The third kappa shape index (κ3) is 3.54. The molecule has 12 heteroatoms. The van der Waals surface area contributed by atoms with E-state index in [1.165, 1.54) is 18.8 Å². The zero-order valence-corrected chi connectivity index (χ0v) is 15.9. The first-order valence-corrected chi connectivity index (χ1v) is 9.18. The quantitative estimate of drug-likeness (QED) is 0.658. The Labute approximate surface area is 161 Å². The van der Waals surface area contributed by atoms with Crippen LogP contribution in [0.2, 0.25) is 5.02 Å². The Morgan fingerprint density at radius 2 is 1.73 bits per heavy atom. The SMILES string of the molecule is CNC(=O)c1nnsc1Sc1c(C(=O)NC)nnn1-c1ccc(Cl)cc1. The van der Waals surface area contributed by atoms with E-state index < -0.39 is 5.91 Å². The monoisotopic (exact) mass is 409 g/mol. The molecule has 0 atom stereocenters. The minimum atomic E-state index is -0.397. The molecule has 0 aliphatic carbocycles. The number of carbonyl (C=O) groups is 2. The number of benzene rings is 1. The van der Waals surface area contributed by atoms with E-state index in [2.05, 4.69) is 30.5 Å². The standard InChI is InChI=1S/C14H12ClN7O2S2/c1-16-11(23)9-13(25-14-10(12(24)17-2)19-21-26-14)22(20-18-9)8-5-3-7(15)4-6-8/h3-6H,1-2H3,(H,16,23)(H,17,24). The van der Waals surface area contributed by atoms with Crippen molar-refractivity contribution < 1.29 is 9.59 Å². The first-order chi connectivity index (χ1) is 12.5. The molecule has 2 N–H and O–H groups in total. The van der Waals surface area contributed by atoms with Gasteiger partial charge in [-0.2, -0.15) is 0 Å². The number of rotatable bonds is 5. The fraction of sp³-hybridized carbons (Fsp3) is 0.143. The molecule has 0 fully saturated rings. The van der Waals surface area contributed by atoms with Crippen molar-refractivity contribution in [3.63, 3.8) is 0 Å². The summed E-state index contributed by atoms with van der Waals surface area (Å²) in [7, 11) is 3.01. The highest BCUT2D eigenvalue weighted by Gasteiger charge is 2.25. The third-order valence-corrected chi connectivity index (χ3v) is 5.42. The van der Waals surface area contributed by atoms with Crippen LogP contribution in [-0.4, -0.2) is 50.5 Å². The largest absolute Gasteiger partial charge is 0.354 e. The van der Waals surface area contributed by atoms with Crippen LogP contribution < -0.4 is 10.6 Å². The fourth-order valence-corrected chi connectivity index (χ4v) is 3.86. The zero-order chi connectivity index (χ0) is 18.7. The number of hydrogen-bond acceptors (Lipinski definition) is 8. The number of hydrogen-bond donors (Lipinski definition) is 2. The van der Waals surface area contributed by atoms with E-state index in [0.29, 0.717) is 19.9 Å². The fourth-order valence-electron chi connectivity index (χ4n) is 1.97. The summed E-state index contributed by atoms with van der Waals surface area (Å²) in [5.74, 6) is -0.764. The lowest BCUT2D eigenvalue weighted by molar-refractivity contribution is 0.0948. The average molecular weight is 410 g/mol. The van der Waals surface area contributed by atoms with Crippen molar-refractivity contribution in [1.29, 1.82) is 0 Å². The van der Waals surface area contributed by atoms with Gasteiger partial charge in [0.25, 0.3) is 11.8 Å². The van der Waals surface area contributed by atoms with Gasteiger partial charge in [0.2, 0.25) is 0 Å². The molecule has 0 aliphatic heterocycles. The number of halogens is 1. The Morgan fingerprint density at radius 3 is 2.38 bits per heavy atom. The third-order valence-electron chi connectivity index (χ3n) is 3.23. The van der Waals surface area contributed by atoms with Crippen molar-refractivity contribution in [3.8, 4) is 5.69 Å². The predicted octanol–water partition coefficient (Wildman–Crippen LogP) is 1.64. The highest BCUT2D eigenvalue weighted by molar-refractivity contribution is 8.01. The highest BCUT2D eigenvalue weighted by Crippen LogP contribution is 2.35. The van der Waals surface area contributed by atoms with Crippen LogP contribution in [0.4, 0.5) is 0 Å². The topological polar surface area (TPSA) is 115 Å².